The van der Waals surface area contributed by atoms with Gasteiger partial charge in [0.2, 0.25) is 0 Å². The van der Waals surface area contributed by atoms with E-state index in [0.29, 0.717) is 11.0 Å². The lowest BCUT2D eigenvalue weighted by Gasteiger charge is -2.09. The normalized spacial score (nSPS) is 11.2. The maximum Gasteiger partial charge on any atom is 0.180 e. The molecule has 2 rings (SSSR count). The van der Waals surface area contributed by atoms with Gasteiger partial charge in [-0.2, -0.15) is 0 Å². The number of nitrogens with two attached hydrogens (primary N) is 1. The minimum atomic E-state index is 0.408. The van der Waals surface area contributed by atoms with Crippen LogP contribution in [0.1, 0.15) is 47.2 Å². The Morgan fingerprint density at radius 2 is 2.06 bits per heavy atom. The molecule has 0 aliphatic carbocycles. The lowest BCUT2D eigenvalue weighted by Crippen LogP contribution is -2.00. The van der Waals surface area contributed by atoms with Crippen LogP contribution < -0.4 is 5.73 Å². The molecule has 0 amide bonds. The molecule has 0 atom stereocenters. The number of aryl methyl sites for hydroxylation is 2. The molecule has 0 unspecified atom stereocenters. The molecule has 0 aromatic carbocycles. The number of anilines is 1. The third kappa shape index (κ3) is 2.53. The van der Waals surface area contributed by atoms with Crippen LogP contribution in [0.3, 0.4) is 0 Å². The molecule has 0 aliphatic rings. The number of nitrogens with zero attached hydrogens (tertiary/aromatic N) is 2. The number of thiazole rings is 1. The minimum Gasteiger partial charge on any atom is -0.375 e. The molecule has 96 valence electrons. The van der Waals surface area contributed by atoms with Crippen LogP contribution in [0.25, 0.3) is 0 Å². The first-order valence-corrected chi connectivity index (χ1v) is 6.96. The zero-order valence-corrected chi connectivity index (χ0v) is 12.1. The van der Waals surface area contributed by atoms with Gasteiger partial charge in [0, 0.05) is 23.2 Å². The molecule has 2 heterocycles. The first-order valence-electron chi connectivity index (χ1n) is 6.15. The van der Waals surface area contributed by atoms with Crippen molar-refractivity contribution in [1.29, 1.82) is 0 Å². The van der Waals surface area contributed by atoms with Gasteiger partial charge in [-0.1, -0.05) is 13.8 Å². The zero-order valence-electron chi connectivity index (χ0n) is 11.3. The molecule has 0 fully saturated rings. The van der Waals surface area contributed by atoms with E-state index in [1.54, 1.807) is 11.3 Å². The van der Waals surface area contributed by atoms with E-state index in [1.807, 2.05) is 6.20 Å². The van der Waals surface area contributed by atoms with Gasteiger partial charge in [-0.3, -0.25) is 4.98 Å². The van der Waals surface area contributed by atoms with Gasteiger partial charge in [-0.15, -0.1) is 11.3 Å². The molecule has 3 nitrogen and oxygen atoms in total. The van der Waals surface area contributed by atoms with Gasteiger partial charge in [0.1, 0.15) is 0 Å². The molecular formula is C14H19N3S. The predicted octanol–water partition coefficient (Wildman–Crippen LogP) is 3.45. The average Bonchev–Trinajstić information content (AvgIpc) is 2.65. The Bertz CT molecular complexity index is 538. The smallest absolute Gasteiger partial charge is 0.180 e. The summed E-state index contributed by atoms with van der Waals surface area (Å²) in [6, 6.07) is 2.06. The Kier molecular flexibility index (Phi) is 3.66. The Balaban J connectivity index is 2.40. The summed E-state index contributed by atoms with van der Waals surface area (Å²) in [5.41, 5.74) is 10.6. The lowest BCUT2D eigenvalue weighted by molar-refractivity contribution is 0.818. The largest absolute Gasteiger partial charge is 0.375 e. The molecular weight excluding hydrogens is 242 g/mol. The van der Waals surface area contributed by atoms with E-state index in [-0.39, 0.29) is 0 Å². The van der Waals surface area contributed by atoms with Gasteiger partial charge in [-0.05, 0) is 37.0 Å². The van der Waals surface area contributed by atoms with Crippen LogP contribution in [-0.2, 0) is 6.42 Å². The second-order valence-corrected chi connectivity index (χ2v) is 6.00. The van der Waals surface area contributed by atoms with E-state index in [1.165, 1.54) is 16.0 Å². The van der Waals surface area contributed by atoms with Crippen molar-refractivity contribution in [2.75, 3.05) is 5.73 Å². The molecule has 2 N–H and O–H groups in total. The zero-order chi connectivity index (χ0) is 13.3. The fourth-order valence-corrected chi connectivity index (χ4v) is 3.11. The van der Waals surface area contributed by atoms with Crippen LogP contribution in [-0.4, -0.2) is 9.97 Å². The summed E-state index contributed by atoms with van der Waals surface area (Å²) in [6.45, 7) is 8.49. The standard InChI is InChI=1S/C14H19N3S/c1-8(2)13-12(18-14(15)17-13)7-11-9(3)5-6-16-10(11)4/h5-6,8H,7H2,1-4H3,(H2,15,17). The van der Waals surface area contributed by atoms with Crippen LogP contribution in [0.5, 0.6) is 0 Å². The van der Waals surface area contributed by atoms with Gasteiger partial charge in [0.25, 0.3) is 0 Å². The Labute approximate surface area is 112 Å². The van der Waals surface area contributed by atoms with E-state index >= 15 is 0 Å². The summed E-state index contributed by atoms with van der Waals surface area (Å²) in [7, 11) is 0. The second kappa shape index (κ2) is 5.06. The molecule has 0 bridgehead atoms. The van der Waals surface area contributed by atoms with Crippen LogP contribution in [0.2, 0.25) is 0 Å². The topological polar surface area (TPSA) is 51.8 Å². The van der Waals surface area contributed by atoms with Gasteiger partial charge in [-0.25, -0.2) is 4.98 Å². The molecule has 0 radical (unpaired) electrons. The predicted molar refractivity (Wildman–Crippen MR) is 77.1 cm³/mol. The number of pyridine rings is 1. The summed E-state index contributed by atoms with van der Waals surface area (Å²) in [5.74, 6) is 0.408. The first kappa shape index (κ1) is 13.0. The first-order chi connectivity index (χ1) is 8.49. The maximum absolute atomic E-state index is 5.84. The summed E-state index contributed by atoms with van der Waals surface area (Å²) >= 11 is 1.59. The van der Waals surface area contributed by atoms with Crippen molar-refractivity contribution in [2.45, 2.75) is 40.0 Å². The third-order valence-corrected chi connectivity index (χ3v) is 4.03. The molecule has 0 saturated carbocycles. The fraction of sp³-hybridized carbons (Fsp3) is 0.429. The van der Waals surface area contributed by atoms with Crippen LogP contribution in [0.4, 0.5) is 5.13 Å². The Morgan fingerprint density at radius 1 is 1.33 bits per heavy atom. The maximum atomic E-state index is 5.84. The highest BCUT2D eigenvalue weighted by Crippen LogP contribution is 2.29. The Hall–Kier alpha value is -1.42. The molecule has 2 aromatic heterocycles. The van der Waals surface area contributed by atoms with Crippen LogP contribution >= 0.6 is 11.3 Å². The summed E-state index contributed by atoms with van der Waals surface area (Å²) in [6.07, 6.45) is 2.74. The lowest BCUT2D eigenvalue weighted by atomic mass is 10.0. The van der Waals surface area contributed by atoms with Crippen LogP contribution in [0.15, 0.2) is 12.3 Å². The summed E-state index contributed by atoms with van der Waals surface area (Å²) < 4.78 is 0. The number of nitrogen functional groups attached to an aromatic ring is 1. The van der Waals surface area contributed by atoms with Crippen molar-refractivity contribution in [3.63, 3.8) is 0 Å². The SMILES string of the molecule is Cc1ccnc(C)c1Cc1sc(N)nc1C(C)C. The van der Waals surface area contributed by atoms with E-state index in [2.05, 4.69) is 43.7 Å². The van der Waals surface area contributed by atoms with Crippen molar-refractivity contribution in [2.24, 2.45) is 0 Å². The molecule has 18 heavy (non-hydrogen) atoms. The number of hydrogen-bond acceptors (Lipinski definition) is 4. The van der Waals surface area contributed by atoms with Gasteiger partial charge in [0.15, 0.2) is 5.13 Å². The molecule has 2 aromatic rings. The van der Waals surface area contributed by atoms with Crippen molar-refractivity contribution < 1.29 is 0 Å². The molecule has 0 aliphatic heterocycles. The van der Waals surface area contributed by atoms with Gasteiger partial charge < -0.3 is 5.73 Å². The average molecular weight is 261 g/mol. The molecule has 4 heteroatoms. The van der Waals surface area contributed by atoms with Gasteiger partial charge in [0.05, 0.1) is 5.69 Å². The van der Waals surface area contributed by atoms with Crippen molar-refractivity contribution in [3.05, 3.63) is 39.7 Å². The number of hydrogen-bond donors (Lipinski definition) is 1. The number of aromatic nitrogens is 2. The van der Waals surface area contributed by atoms with Crippen molar-refractivity contribution in [1.82, 2.24) is 9.97 Å². The molecule has 0 spiro atoms. The summed E-state index contributed by atoms with van der Waals surface area (Å²) in [5, 5.41) is 0.660. The second-order valence-electron chi connectivity index (χ2n) is 4.88. The monoisotopic (exact) mass is 261 g/mol. The van der Waals surface area contributed by atoms with Crippen LogP contribution in [0, 0.1) is 13.8 Å². The highest BCUT2D eigenvalue weighted by molar-refractivity contribution is 7.15. The van der Waals surface area contributed by atoms with Crippen molar-refractivity contribution >= 4 is 16.5 Å². The van der Waals surface area contributed by atoms with E-state index in [9.17, 15) is 0 Å². The Morgan fingerprint density at radius 3 is 2.67 bits per heavy atom. The molecule has 0 saturated heterocycles. The quantitative estimate of drug-likeness (QED) is 0.920. The van der Waals surface area contributed by atoms with Crippen molar-refractivity contribution in [3.8, 4) is 0 Å². The highest BCUT2D eigenvalue weighted by atomic mass is 32.1. The van der Waals surface area contributed by atoms with E-state index in [0.717, 1.165) is 17.8 Å². The van der Waals surface area contributed by atoms with Gasteiger partial charge >= 0.3 is 0 Å². The van der Waals surface area contributed by atoms with E-state index in [4.69, 9.17) is 5.73 Å². The third-order valence-electron chi connectivity index (χ3n) is 3.13. The minimum absolute atomic E-state index is 0.408. The highest BCUT2D eigenvalue weighted by Gasteiger charge is 2.15. The fourth-order valence-electron chi connectivity index (χ4n) is 2.11. The van der Waals surface area contributed by atoms with E-state index < -0.39 is 0 Å². The summed E-state index contributed by atoms with van der Waals surface area (Å²) in [4.78, 5) is 10.1. The number of rotatable bonds is 3.